The molecule has 29 heavy (non-hydrogen) atoms. The molecule has 5 aliphatic rings. The fraction of sp³-hybridized carbons (Fsp3) is 0.773. The zero-order chi connectivity index (χ0) is 21.1. The Morgan fingerprint density at radius 1 is 1.28 bits per heavy atom. The maximum Gasteiger partial charge on any atom is 0.338 e. The summed E-state index contributed by atoms with van der Waals surface area (Å²) in [6.07, 6.45) is -0.338. The molecule has 1 heterocycles. The average molecular weight is 404 g/mol. The standard InChI is InChI=1S/C22H28O7/c1-10-12-5-6-13-20(7-12,17(10)29-11(2)23)16(25)14(24)15-19(3,4)8-22(27)18(26)28-9-21(13,15)22/h12-15,17,24,27H,1,5-9H2,2-4H3/t12-,13-,14+,15-,17-,20-,21+,22+/m1/s1. The predicted molar refractivity (Wildman–Crippen MR) is 99.2 cm³/mol. The summed E-state index contributed by atoms with van der Waals surface area (Å²) in [7, 11) is 0. The van der Waals surface area contributed by atoms with E-state index in [2.05, 4.69) is 6.58 Å². The Bertz CT molecular complexity index is 861. The molecule has 7 heteroatoms. The van der Waals surface area contributed by atoms with Crippen molar-refractivity contribution in [3.8, 4) is 0 Å². The zero-order valence-electron chi connectivity index (χ0n) is 17.1. The Balaban J connectivity index is 1.77. The molecule has 1 aliphatic heterocycles. The van der Waals surface area contributed by atoms with Gasteiger partial charge in [-0.1, -0.05) is 20.4 Å². The van der Waals surface area contributed by atoms with Gasteiger partial charge in [0.2, 0.25) is 0 Å². The average Bonchev–Trinajstić information content (AvgIpc) is 3.07. The summed E-state index contributed by atoms with van der Waals surface area (Å²) in [5, 5.41) is 23.0. The number of hydrogen-bond acceptors (Lipinski definition) is 7. The van der Waals surface area contributed by atoms with Crippen LogP contribution in [0.4, 0.5) is 0 Å². The van der Waals surface area contributed by atoms with Gasteiger partial charge >= 0.3 is 11.9 Å². The quantitative estimate of drug-likeness (QED) is 0.498. The molecule has 0 aromatic carbocycles. The number of carbonyl (C=O) groups excluding carboxylic acids is 3. The number of esters is 2. The largest absolute Gasteiger partial charge is 0.463 e. The second kappa shape index (κ2) is 5.30. The number of aliphatic hydroxyl groups is 2. The first-order valence-electron chi connectivity index (χ1n) is 10.4. The lowest BCUT2D eigenvalue weighted by molar-refractivity contribution is -0.212. The van der Waals surface area contributed by atoms with Crippen LogP contribution >= 0.6 is 0 Å². The normalized spacial score (nSPS) is 51.9. The van der Waals surface area contributed by atoms with Crippen molar-refractivity contribution >= 4 is 17.7 Å². The van der Waals surface area contributed by atoms with Crippen molar-refractivity contribution in [2.24, 2.45) is 34.0 Å². The van der Waals surface area contributed by atoms with Crippen LogP contribution in [0.15, 0.2) is 12.2 Å². The molecule has 8 atom stereocenters. The van der Waals surface area contributed by atoms with E-state index in [0.717, 1.165) is 6.42 Å². The molecular formula is C22H28O7. The molecule has 5 fully saturated rings. The summed E-state index contributed by atoms with van der Waals surface area (Å²) in [5.74, 6) is -2.57. The number of Topliss-reactive ketones (excluding diaryl/α,β-unsaturated/α-hetero) is 1. The third-order valence-electron chi connectivity index (χ3n) is 8.95. The molecule has 0 radical (unpaired) electrons. The first-order chi connectivity index (χ1) is 13.4. The van der Waals surface area contributed by atoms with Crippen molar-refractivity contribution in [3.63, 3.8) is 0 Å². The van der Waals surface area contributed by atoms with Gasteiger partial charge in [0.25, 0.3) is 0 Å². The summed E-state index contributed by atoms with van der Waals surface area (Å²) in [6.45, 7) is 9.18. The number of ketones is 1. The summed E-state index contributed by atoms with van der Waals surface area (Å²) in [5.41, 5.74) is -3.96. The van der Waals surface area contributed by atoms with Crippen molar-refractivity contribution in [2.45, 2.75) is 64.3 Å². The maximum absolute atomic E-state index is 13.8. The van der Waals surface area contributed by atoms with Crippen molar-refractivity contribution in [1.29, 1.82) is 0 Å². The zero-order valence-corrected chi connectivity index (χ0v) is 17.1. The molecule has 7 nitrogen and oxygen atoms in total. The van der Waals surface area contributed by atoms with E-state index in [-0.39, 0.29) is 24.7 Å². The molecule has 4 aliphatic carbocycles. The minimum Gasteiger partial charge on any atom is -0.463 e. The van der Waals surface area contributed by atoms with Crippen molar-refractivity contribution in [2.75, 3.05) is 6.61 Å². The molecule has 2 bridgehead atoms. The molecule has 0 aromatic heterocycles. The smallest absolute Gasteiger partial charge is 0.338 e. The van der Waals surface area contributed by atoms with E-state index in [4.69, 9.17) is 9.47 Å². The van der Waals surface area contributed by atoms with Crippen LogP contribution in [-0.4, -0.2) is 52.4 Å². The monoisotopic (exact) mass is 404 g/mol. The number of rotatable bonds is 1. The fourth-order valence-electron chi connectivity index (χ4n) is 8.30. The van der Waals surface area contributed by atoms with E-state index in [1.54, 1.807) is 0 Å². The van der Waals surface area contributed by atoms with E-state index in [1.807, 2.05) is 13.8 Å². The molecule has 2 spiro atoms. The van der Waals surface area contributed by atoms with E-state index in [0.29, 0.717) is 18.4 Å². The highest BCUT2D eigenvalue weighted by atomic mass is 16.6. The molecule has 0 amide bonds. The van der Waals surface area contributed by atoms with Gasteiger partial charge in [0, 0.05) is 12.8 Å². The first kappa shape index (κ1) is 19.2. The summed E-state index contributed by atoms with van der Waals surface area (Å²) < 4.78 is 11.1. The first-order valence-corrected chi connectivity index (χ1v) is 10.4. The van der Waals surface area contributed by atoms with Crippen LogP contribution in [0.2, 0.25) is 0 Å². The Morgan fingerprint density at radius 3 is 2.62 bits per heavy atom. The number of hydrogen-bond donors (Lipinski definition) is 2. The van der Waals surface area contributed by atoms with Gasteiger partial charge in [0.15, 0.2) is 11.4 Å². The number of aliphatic hydroxyl groups excluding tert-OH is 1. The Labute approximate surface area is 169 Å². The summed E-state index contributed by atoms with van der Waals surface area (Å²) >= 11 is 0. The van der Waals surface area contributed by atoms with Gasteiger partial charge in [0.05, 0.1) is 10.8 Å². The van der Waals surface area contributed by atoms with E-state index in [9.17, 15) is 24.6 Å². The molecular weight excluding hydrogens is 376 g/mol. The number of ether oxygens (including phenoxy) is 2. The third-order valence-corrected chi connectivity index (χ3v) is 8.95. The molecule has 0 unspecified atom stereocenters. The highest BCUT2D eigenvalue weighted by Gasteiger charge is 2.85. The van der Waals surface area contributed by atoms with Crippen LogP contribution in [0.1, 0.15) is 46.5 Å². The van der Waals surface area contributed by atoms with E-state index < -0.39 is 57.8 Å². The lowest BCUT2D eigenvalue weighted by Gasteiger charge is -2.59. The second-order valence-corrected chi connectivity index (χ2v) is 10.6. The molecule has 1 saturated heterocycles. The minimum atomic E-state index is -1.77. The number of carbonyl (C=O) groups is 3. The van der Waals surface area contributed by atoms with Crippen LogP contribution in [0.5, 0.6) is 0 Å². The van der Waals surface area contributed by atoms with Gasteiger partial charge in [-0.15, -0.1) is 0 Å². The Morgan fingerprint density at radius 2 is 1.97 bits per heavy atom. The van der Waals surface area contributed by atoms with Gasteiger partial charge in [-0.2, -0.15) is 0 Å². The molecule has 0 aromatic rings. The highest BCUT2D eigenvalue weighted by molar-refractivity contribution is 5.95. The fourth-order valence-corrected chi connectivity index (χ4v) is 8.30. The van der Waals surface area contributed by atoms with Crippen molar-refractivity contribution < 1.29 is 34.1 Å². The number of cyclic esters (lactones) is 1. The lowest BCUT2D eigenvalue weighted by Crippen LogP contribution is -2.70. The third kappa shape index (κ3) is 1.86. The summed E-state index contributed by atoms with van der Waals surface area (Å²) in [4.78, 5) is 38.5. The van der Waals surface area contributed by atoms with Gasteiger partial charge in [-0.3, -0.25) is 9.59 Å². The summed E-state index contributed by atoms with van der Waals surface area (Å²) in [6, 6.07) is 0. The van der Waals surface area contributed by atoms with E-state index >= 15 is 0 Å². The lowest BCUT2D eigenvalue weighted by atomic mass is 9.43. The predicted octanol–water partition coefficient (Wildman–Crippen LogP) is 1.15. The Kier molecular flexibility index (Phi) is 3.52. The molecule has 5 rings (SSSR count). The minimum absolute atomic E-state index is 0.0141. The van der Waals surface area contributed by atoms with Crippen LogP contribution in [0, 0.1) is 34.0 Å². The van der Waals surface area contributed by atoms with Gasteiger partial charge in [-0.25, -0.2) is 4.79 Å². The second-order valence-electron chi connectivity index (χ2n) is 10.6. The van der Waals surface area contributed by atoms with Crippen LogP contribution in [-0.2, 0) is 23.9 Å². The van der Waals surface area contributed by atoms with Gasteiger partial charge in [-0.05, 0) is 48.5 Å². The maximum atomic E-state index is 13.8. The molecule has 4 saturated carbocycles. The van der Waals surface area contributed by atoms with Crippen LogP contribution in [0.3, 0.4) is 0 Å². The SMILES string of the molecule is C=C1[C@@H]2CC[C@@H]3[C@](C2)(C(=O)[C@@H](O)[C@@H]2C(C)(C)C[C@]4(O)C(=O)OC[C@@]234)[C@@H]1OC(C)=O. The highest BCUT2D eigenvalue weighted by Crippen LogP contribution is 2.76. The Hall–Kier alpha value is -1.73. The van der Waals surface area contributed by atoms with Crippen LogP contribution < -0.4 is 0 Å². The van der Waals surface area contributed by atoms with Crippen LogP contribution in [0.25, 0.3) is 0 Å². The molecule has 158 valence electrons. The topological polar surface area (TPSA) is 110 Å². The van der Waals surface area contributed by atoms with Gasteiger partial charge in [0.1, 0.15) is 18.8 Å². The van der Waals surface area contributed by atoms with Crippen molar-refractivity contribution in [3.05, 3.63) is 12.2 Å². The van der Waals surface area contributed by atoms with E-state index in [1.165, 1.54) is 6.92 Å². The molecule has 2 N–H and O–H groups in total. The van der Waals surface area contributed by atoms with Crippen molar-refractivity contribution in [1.82, 2.24) is 0 Å². The van der Waals surface area contributed by atoms with Gasteiger partial charge < -0.3 is 19.7 Å². The number of fused-ring (bicyclic) bond motifs is 1.